The monoisotopic (exact) mass is 491 g/mol. The molecule has 10 heteroatoms. The quantitative estimate of drug-likeness (QED) is 0.371. The fourth-order valence-corrected chi connectivity index (χ4v) is 4.69. The number of pyridine rings is 1. The number of rotatable bonds is 5. The van der Waals surface area contributed by atoms with Crippen molar-refractivity contribution in [3.8, 4) is 11.3 Å². The zero-order valence-electron chi connectivity index (χ0n) is 20.3. The van der Waals surface area contributed by atoms with Gasteiger partial charge in [0.2, 0.25) is 11.9 Å². The Labute approximate surface area is 207 Å². The van der Waals surface area contributed by atoms with E-state index in [-0.39, 0.29) is 23.5 Å². The number of amides is 1. The molecule has 36 heavy (non-hydrogen) atoms. The number of carbonyl (C=O) groups is 1. The number of nitrogens with zero attached hydrogens (tertiary/aromatic N) is 4. The molecule has 3 N–H and O–H groups in total. The van der Waals surface area contributed by atoms with Crippen molar-refractivity contribution in [2.24, 2.45) is 0 Å². The van der Waals surface area contributed by atoms with Gasteiger partial charge in [-0.3, -0.25) is 4.79 Å². The first kappa shape index (κ1) is 23.8. The van der Waals surface area contributed by atoms with Crippen molar-refractivity contribution in [2.75, 3.05) is 29.9 Å². The number of halogens is 2. The number of carbonyl (C=O) groups excluding carboxylic acids is 1. The van der Waals surface area contributed by atoms with Gasteiger partial charge in [-0.25, -0.2) is 23.7 Å². The molecule has 4 heterocycles. The Hall–Kier alpha value is -3.92. The zero-order chi connectivity index (χ0) is 25.4. The Balaban J connectivity index is 1.44. The number of benzene rings is 1. The molecule has 0 saturated carbocycles. The molecule has 0 spiro atoms. The molecule has 186 valence electrons. The topological polar surface area (TPSA) is 98.8 Å². The van der Waals surface area contributed by atoms with Crippen molar-refractivity contribution in [2.45, 2.75) is 33.1 Å². The van der Waals surface area contributed by atoms with Crippen LogP contribution in [0, 0.1) is 18.6 Å². The number of nitrogens with one attached hydrogen (secondary N) is 3. The average Bonchev–Trinajstić information content (AvgIpc) is 3.04. The Morgan fingerprint density at radius 1 is 1.08 bits per heavy atom. The highest BCUT2D eigenvalue weighted by Crippen LogP contribution is 2.34. The summed E-state index contributed by atoms with van der Waals surface area (Å²) in [6, 6.07) is 6.52. The molecular formula is C26H27F2N7O. The normalized spacial score (nSPS) is 14.5. The molecule has 1 amide bonds. The van der Waals surface area contributed by atoms with E-state index in [2.05, 4.69) is 30.6 Å². The SMILES string of the molecule is Cc1[nH]c2c(F)cc(-c3nc(Nc4ccc(N5CCNCCC5=O)cn4)ncc3F)cc2c1C(C)C. The molecule has 0 bridgehead atoms. The van der Waals surface area contributed by atoms with Crippen molar-refractivity contribution in [3.63, 3.8) is 0 Å². The molecule has 0 unspecified atom stereocenters. The van der Waals surface area contributed by atoms with Crippen molar-refractivity contribution in [3.05, 3.63) is 59.6 Å². The first-order chi connectivity index (χ1) is 17.3. The molecule has 5 rings (SSSR count). The minimum absolute atomic E-state index is 0.0128. The maximum absolute atomic E-state index is 15.0. The lowest BCUT2D eigenvalue weighted by Gasteiger charge is -2.20. The fraction of sp³-hybridized carbons (Fsp3) is 0.308. The minimum Gasteiger partial charge on any atom is -0.356 e. The number of aromatic amines is 1. The molecule has 0 atom stereocenters. The Morgan fingerprint density at radius 2 is 1.92 bits per heavy atom. The summed E-state index contributed by atoms with van der Waals surface area (Å²) < 4.78 is 29.7. The number of aromatic nitrogens is 4. The molecular weight excluding hydrogens is 464 g/mol. The predicted molar refractivity (Wildman–Crippen MR) is 135 cm³/mol. The number of H-pyrrole nitrogens is 1. The lowest BCUT2D eigenvalue weighted by atomic mass is 9.98. The van der Waals surface area contributed by atoms with Gasteiger partial charge in [0, 0.05) is 42.7 Å². The van der Waals surface area contributed by atoms with E-state index in [1.54, 1.807) is 29.3 Å². The largest absolute Gasteiger partial charge is 0.356 e. The fourth-order valence-electron chi connectivity index (χ4n) is 4.69. The highest BCUT2D eigenvalue weighted by molar-refractivity contribution is 5.93. The van der Waals surface area contributed by atoms with Gasteiger partial charge < -0.3 is 20.5 Å². The van der Waals surface area contributed by atoms with Gasteiger partial charge in [0.15, 0.2) is 5.82 Å². The minimum atomic E-state index is -0.658. The zero-order valence-corrected chi connectivity index (χ0v) is 20.3. The van der Waals surface area contributed by atoms with Crippen LogP contribution in [0.4, 0.5) is 26.2 Å². The Bertz CT molecular complexity index is 1430. The highest BCUT2D eigenvalue weighted by atomic mass is 19.1. The van der Waals surface area contributed by atoms with E-state index in [1.807, 2.05) is 20.8 Å². The van der Waals surface area contributed by atoms with Gasteiger partial charge >= 0.3 is 0 Å². The van der Waals surface area contributed by atoms with Gasteiger partial charge in [-0.05, 0) is 42.7 Å². The summed E-state index contributed by atoms with van der Waals surface area (Å²) in [6.45, 7) is 7.91. The van der Waals surface area contributed by atoms with Crippen LogP contribution in [-0.2, 0) is 4.79 Å². The van der Waals surface area contributed by atoms with Crippen LogP contribution in [0.1, 0.15) is 37.4 Å². The van der Waals surface area contributed by atoms with Gasteiger partial charge in [-0.2, -0.15) is 0 Å². The van der Waals surface area contributed by atoms with E-state index < -0.39 is 11.6 Å². The van der Waals surface area contributed by atoms with Crippen molar-refractivity contribution < 1.29 is 13.6 Å². The summed E-state index contributed by atoms with van der Waals surface area (Å²) in [5, 5.41) is 6.87. The van der Waals surface area contributed by atoms with Gasteiger partial charge in [-0.1, -0.05) is 13.8 Å². The second kappa shape index (κ2) is 9.62. The third-order valence-corrected chi connectivity index (χ3v) is 6.32. The standard InChI is InChI=1S/C26H27F2N7O/c1-14(2)23-15(3)32-25-18(23)10-16(11-19(25)27)24-20(28)13-31-26(34-24)33-21-5-4-17(12-30-21)35-9-8-29-7-6-22(35)36/h4-5,10-14,29,32H,6-9H2,1-3H3,(H,30,31,33,34). The van der Waals surface area contributed by atoms with Crippen LogP contribution in [0.2, 0.25) is 0 Å². The number of fused-ring (bicyclic) bond motifs is 1. The number of aryl methyl sites for hydroxylation is 1. The second-order valence-corrected chi connectivity index (χ2v) is 9.16. The van der Waals surface area contributed by atoms with Crippen LogP contribution in [-0.4, -0.2) is 45.5 Å². The van der Waals surface area contributed by atoms with Crippen LogP contribution in [0.5, 0.6) is 0 Å². The van der Waals surface area contributed by atoms with Crippen molar-refractivity contribution in [1.29, 1.82) is 0 Å². The van der Waals surface area contributed by atoms with Gasteiger partial charge in [0.1, 0.15) is 17.3 Å². The van der Waals surface area contributed by atoms with Crippen LogP contribution < -0.4 is 15.5 Å². The molecule has 1 aliphatic rings. The average molecular weight is 492 g/mol. The van der Waals surface area contributed by atoms with Crippen molar-refractivity contribution in [1.82, 2.24) is 25.3 Å². The van der Waals surface area contributed by atoms with Crippen LogP contribution in [0.3, 0.4) is 0 Å². The van der Waals surface area contributed by atoms with Crippen LogP contribution in [0.25, 0.3) is 22.2 Å². The number of hydrogen-bond acceptors (Lipinski definition) is 6. The highest BCUT2D eigenvalue weighted by Gasteiger charge is 2.20. The van der Waals surface area contributed by atoms with Gasteiger partial charge in [0.25, 0.3) is 0 Å². The lowest BCUT2D eigenvalue weighted by Crippen LogP contribution is -2.32. The van der Waals surface area contributed by atoms with Crippen LogP contribution in [0.15, 0.2) is 36.7 Å². The van der Waals surface area contributed by atoms with Crippen molar-refractivity contribution >= 4 is 34.3 Å². The van der Waals surface area contributed by atoms with E-state index in [1.165, 1.54) is 6.07 Å². The molecule has 0 aliphatic carbocycles. The lowest BCUT2D eigenvalue weighted by molar-refractivity contribution is -0.118. The second-order valence-electron chi connectivity index (χ2n) is 9.16. The summed E-state index contributed by atoms with van der Waals surface area (Å²) in [5.41, 5.74) is 3.27. The summed E-state index contributed by atoms with van der Waals surface area (Å²) in [6.07, 6.45) is 3.08. The van der Waals surface area contributed by atoms with Gasteiger partial charge in [0.05, 0.1) is 23.6 Å². The van der Waals surface area contributed by atoms with E-state index in [9.17, 15) is 13.6 Å². The molecule has 1 fully saturated rings. The molecule has 4 aromatic rings. The Morgan fingerprint density at radius 3 is 2.67 bits per heavy atom. The van der Waals surface area contributed by atoms with E-state index in [0.717, 1.165) is 17.5 Å². The molecule has 1 saturated heterocycles. The number of hydrogen-bond donors (Lipinski definition) is 3. The number of anilines is 3. The molecule has 0 radical (unpaired) electrons. The maximum Gasteiger partial charge on any atom is 0.229 e. The van der Waals surface area contributed by atoms with Gasteiger partial charge in [-0.15, -0.1) is 0 Å². The summed E-state index contributed by atoms with van der Waals surface area (Å²) in [5.74, 6) is -0.375. The van der Waals surface area contributed by atoms with E-state index in [4.69, 9.17) is 0 Å². The molecule has 1 aromatic carbocycles. The summed E-state index contributed by atoms with van der Waals surface area (Å²) >= 11 is 0. The predicted octanol–water partition coefficient (Wildman–Crippen LogP) is 4.80. The Kier molecular flexibility index (Phi) is 6.36. The molecule has 3 aromatic heterocycles. The summed E-state index contributed by atoms with van der Waals surface area (Å²) in [7, 11) is 0. The maximum atomic E-state index is 15.0. The van der Waals surface area contributed by atoms with E-state index in [0.29, 0.717) is 54.0 Å². The molecule has 1 aliphatic heterocycles. The third kappa shape index (κ3) is 4.51. The molecule has 8 nitrogen and oxygen atoms in total. The summed E-state index contributed by atoms with van der Waals surface area (Å²) in [4.78, 5) is 29.8. The first-order valence-corrected chi connectivity index (χ1v) is 11.9. The van der Waals surface area contributed by atoms with E-state index >= 15 is 0 Å². The third-order valence-electron chi connectivity index (χ3n) is 6.32. The smallest absolute Gasteiger partial charge is 0.229 e. The van der Waals surface area contributed by atoms with Crippen LogP contribution >= 0.6 is 0 Å². The first-order valence-electron chi connectivity index (χ1n) is 11.9.